The highest BCUT2D eigenvalue weighted by Crippen LogP contribution is 2.30. The molecule has 23 heavy (non-hydrogen) atoms. The van der Waals surface area contributed by atoms with Crippen molar-refractivity contribution in [3.8, 4) is 0 Å². The molecule has 0 radical (unpaired) electrons. The van der Waals surface area contributed by atoms with Crippen LogP contribution in [-0.2, 0) is 11.3 Å². The van der Waals surface area contributed by atoms with Gasteiger partial charge in [0.15, 0.2) is 5.16 Å². The van der Waals surface area contributed by atoms with Crippen molar-refractivity contribution in [2.24, 2.45) is 11.8 Å². The molecule has 1 aliphatic carbocycles. The van der Waals surface area contributed by atoms with E-state index in [2.05, 4.69) is 29.4 Å². The summed E-state index contributed by atoms with van der Waals surface area (Å²) in [5, 5.41) is 10.0. The van der Waals surface area contributed by atoms with E-state index in [0.717, 1.165) is 12.8 Å². The van der Waals surface area contributed by atoms with Gasteiger partial charge in [0.25, 0.3) is 0 Å². The largest absolute Gasteiger partial charge is 0.352 e. The zero-order valence-corrected chi connectivity index (χ0v) is 15.3. The van der Waals surface area contributed by atoms with Gasteiger partial charge >= 0.3 is 5.69 Å². The third-order valence-corrected chi connectivity index (χ3v) is 5.95. The summed E-state index contributed by atoms with van der Waals surface area (Å²) in [4.78, 5) is 24.2. The number of nitrogens with one attached hydrogen (secondary N) is 2. The second-order valence-corrected chi connectivity index (χ2v) is 7.91. The lowest BCUT2D eigenvalue weighted by atomic mass is 9.78. The van der Waals surface area contributed by atoms with Gasteiger partial charge in [0.2, 0.25) is 5.91 Å². The summed E-state index contributed by atoms with van der Waals surface area (Å²) in [6.07, 6.45) is 4.32. The smallest absolute Gasteiger partial charge is 0.343 e. The first-order valence-electron chi connectivity index (χ1n) is 8.56. The molecule has 4 atom stereocenters. The van der Waals surface area contributed by atoms with E-state index in [-0.39, 0.29) is 22.9 Å². The summed E-state index contributed by atoms with van der Waals surface area (Å²) in [5.41, 5.74) is -0.211. The summed E-state index contributed by atoms with van der Waals surface area (Å²) in [7, 11) is 0. The van der Waals surface area contributed by atoms with Crippen molar-refractivity contribution < 1.29 is 4.79 Å². The highest BCUT2D eigenvalue weighted by Gasteiger charge is 2.29. The first-order chi connectivity index (χ1) is 10.9. The number of aromatic amines is 1. The Bertz CT molecular complexity index is 583. The van der Waals surface area contributed by atoms with E-state index >= 15 is 0 Å². The molecule has 1 fully saturated rings. The molecule has 0 bridgehead atoms. The summed E-state index contributed by atoms with van der Waals surface area (Å²) in [6.45, 7) is 8.97. The predicted molar refractivity (Wildman–Crippen MR) is 92.6 cm³/mol. The van der Waals surface area contributed by atoms with E-state index in [4.69, 9.17) is 0 Å². The molecule has 0 unspecified atom stereocenters. The molecule has 0 aliphatic heterocycles. The fourth-order valence-corrected chi connectivity index (χ4v) is 4.00. The molecule has 1 amide bonds. The number of thioether (sulfide) groups is 1. The van der Waals surface area contributed by atoms with Gasteiger partial charge in [-0.1, -0.05) is 45.4 Å². The maximum Gasteiger partial charge on any atom is 0.343 e. The lowest BCUT2D eigenvalue weighted by molar-refractivity contribution is -0.121. The Morgan fingerprint density at radius 1 is 1.48 bits per heavy atom. The van der Waals surface area contributed by atoms with Crippen LogP contribution in [0.3, 0.4) is 0 Å². The molecule has 1 aromatic rings. The molecular formula is C16H28N4O2S. The van der Waals surface area contributed by atoms with Crippen LogP contribution < -0.4 is 11.0 Å². The minimum atomic E-state index is -0.273. The van der Waals surface area contributed by atoms with Crippen LogP contribution in [0.5, 0.6) is 0 Å². The normalized spacial score (nSPS) is 26.0. The van der Waals surface area contributed by atoms with E-state index < -0.39 is 0 Å². The van der Waals surface area contributed by atoms with Crippen molar-refractivity contribution in [2.75, 3.05) is 0 Å². The molecule has 2 N–H and O–H groups in total. The van der Waals surface area contributed by atoms with Crippen molar-refractivity contribution in [2.45, 2.75) is 76.4 Å². The Hall–Kier alpha value is -1.24. The number of H-pyrrole nitrogens is 1. The van der Waals surface area contributed by atoms with Gasteiger partial charge < -0.3 is 5.32 Å². The number of rotatable bonds is 6. The quantitative estimate of drug-likeness (QED) is 0.779. The second kappa shape index (κ2) is 8.04. The van der Waals surface area contributed by atoms with Crippen LogP contribution in [0.4, 0.5) is 0 Å². The number of hydrogen-bond acceptors (Lipinski definition) is 4. The van der Waals surface area contributed by atoms with Gasteiger partial charge in [-0.05, 0) is 31.6 Å². The third-order valence-electron chi connectivity index (χ3n) is 4.86. The van der Waals surface area contributed by atoms with Crippen LogP contribution in [0, 0.1) is 11.8 Å². The Kier molecular flexibility index (Phi) is 6.33. The third kappa shape index (κ3) is 4.40. The number of aromatic nitrogens is 3. The van der Waals surface area contributed by atoms with E-state index in [0.29, 0.717) is 23.5 Å². The highest BCUT2D eigenvalue weighted by molar-refractivity contribution is 8.00. The molecule has 0 saturated heterocycles. The van der Waals surface area contributed by atoms with E-state index in [1.165, 1.54) is 24.6 Å². The SMILES string of the molecule is CCCn1c(S[C@@H](C)C(=O)N[C@@H]2CCC[C@H](C)[C@@H]2C)n[nH]c1=O. The van der Waals surface area contributed by atoms with Crippen molar-refractivity contribution in [3.63, 3.8) is 0 Å². The summed E-state index contributed by atoms with van der Waals surface area (Å²) < 4.78 is 1.60. The molecule has 1 aromatic heterocycles. The van der Waals surface area contributed by atoms with Crippen LogP contribution >= 0.6 is 11.8 Å². The van der Waals surface area contributed by atoms with E-state index in [1.54, 1.807) is 4.57 Å². The number of hydrogen-bond donors (Lipinski definition) is 2. The fourth-order valence-electron chi connectivity index (χ4n) is 3.11. The van der Waals surface area contributed by atoms with Gasteiger partial charge in [-0.15, -0.1) is 5.10 Å². The average Bonchev–Trinajstić information content (AvgIpc) is 2.85. The number of nitrogens with zero attached hydrogens (tertiary/aromatic N) is 2. The van der Waals surface area contributed by atoms with Gasteiger partial charge in [-0.2, -0.15) is 0 Å². The van der Waals surface area contributed by atoms with Crippen LogP contribution in [0.2, 0.25) is 0 Å². The van der Waals surface area contributed by atoms with Crippen LogP contribution in [0.1, 0.15) is 53.4 Å². The van der Waals surface area contributed by atoms with Crippen molar-refractivity contribution in [1.82, 2.24) is 20.1 Å². The van der Waals surface area contributed by atoms with E-state index in [1.807, 2.05) is 13.8 Å². The standard InChI is InChI=1S/C16H28N4O2S/c1-5-9-20-15(22)18-19-16(20)23-12(4)14(21)17-13-8-6-7-10(2)11(13)3/h10-13H,5-9H2,1-4H3,(H,17,21)(H,18,22)/t10-,11-,12-,13+/m0/s1. The molecule has 0 spiro atoms. The number of amides is 1. The van der Waals surface area contributed by atoms with Gasteiger partial charge in [-0.25, -0.2) is 9.89 Å². The minimum absolute atomic E-state index is 0.0273. The zero-order chi connectivity index (χ0) is 17.0. The van der Waals surface area contributed by atoms with E-state index in [9.17, 15) is 9.59 Å². The molecule has 7 heteroatoms. The summed E-state index contributed by atoms with van der Waals surface area (Å²) in [6, 6.07) is 0.256. The number of carbonyl (C=O) groups excluding carboxylic acids is 1. The van der Waals surface area contributed by atoms with Gasteiger partial charge in [-0.3, -0.25) is 9.36 Å². The maximum atomic E-state index is 12.5. The Morgan fingerprint density at radius 2 is 2.22 bits per heavy atom. The first-order valence-corrected chi connectivity index (χ1v) is 9.44. The maximum absolute atomic E-state index is 12.5. The molecular weight excluding hydrogens is 312 g/mol. The van der Waals surface area contributed by atoms with Gasteiger partial charge in [0.1, 0.15) is 0 Å². The molecule has 0 aromatic carbocycles. The molecule has 6 nitrogen and oxygen atoms in total. The minimum Gasteiger partial charge on any atom is -0.352 e. The average molecular weight is 340 g/mol. The predicted octanol–water partition coefficient (Wildman–Crippen LogP) is 2.40. The Morgan fingerprint density at radius 3 is 2.91 bits per heavy atom. The summed E-state index contributed by atoms with van der Waals surface area (Å²) in [5.74, 6) is 1.19. The highest BCUT2D eigenvalue weighted by atomic mass is 32.2. The fraction of sp³-hybridized carbons (Fsp3) is 0.812. The molecule has 1 saturated carbocycles. The lowest BCUT2D eigenvalue weighted by Gasteiger charge is -2.35. The van der Waals surface area contributed by atoms with Crippen LogP contribution in [0.25, 0.3) is 0 Å². The number of carbonyl (C=O) groups is 1. The summed E-state index contributed by atoms with van der Waals surface area (Å²) >= 11 is 1.34. The Labute approximate surface area is 141 Å². The second-order valence-electron chi connectivity index (χ2n) is 6.61. The van der Waals surface area contributed by atoms with Crippen molar-refractivity contribution in [1.29, 1.82) is 0 Å². The zero-order valence-electron chi connectivity index (χ0n) is 14.5. The molecule has 1 aliphatic rings. The van der Waals surface area contributed by atoms with Crippen molar-refractivity contribution in [3.05, 3.63) is 10.5 Å². The Balaban J connectivity index is 1.96. The topological polar surface area (TPSA) is 79.8 Å². The molecule has 1 heterocycles. The molecule has 2 rings (SSSR count). The molecule has 130 valence electrons. The van der Waals surface area contributed by atoms with Gasteiger partial charge in [0.05, 0.1) is 5.25 Å². The first kappa shape index (κ1) is 18.1. The lowest BCUT2D eigenvalue weighted by Crippen LogP contribution is -2.46. The van der Waals surface area contributed by atoms with Crippen LogP contribution in [-0.4, -0.2) is 32.0 Å². The van der Waals surface area contributed by atoms with Gasteiger partial charge in [0, 0.05) is 12.6 Å². The van der Waals surface area contributed by atoms with Crippen LogP contribution in [0.15, 0.2) is 9.95 Å². The monoisotopic (exact) mass is 340 g/mol. The van der Waals surface area contributed by atoms with Crippen molar-refractivity contribution >= 4 is 17.7 Å².